The molecule has 0 spiro atoms. The Balaban J connectivity index is 0.945. The molecule has 300 valence electrons. The Morgan fingerprint density at radius 1 is 0.691 bits per heavy atom. The van der Waals surface area contributed by atoms with Gasteiger partial charge in [0.25, 0.3) is 0 Å². The van der Waals surface area contributed by atoms with Crippen LogP contribution in [0.15, 0.2) is 12.1 Å². The van der Waals surface area contributed by atoms with Crippen molar-refractivity contribution in [1.82, 2.24) is 28.7 Å². The van der Waals surface area contributed by atoms with Crippen molar-refractivity contribution in [2.24, 2.45) is 11.8 Å². The van der Waals surface area contributed by atoms with Gasteiger partial charge in [-0.25, -0.2) is 19.0 Å². The number of carbonyl (C=O) groups excluding carboxylic acids is 2. The summed E-state index contributed by atoms with van der Waals surface area (Å²) in [6.07, 6.45) is 10.7. The predicted molar refractivity (Wildman–Crippen MR) is 213 cm³/mol. The maximum atomic E-state index is 13.4. The number of benzene rings is 2. The Hall–Kier alpha value is -3.28. The van der Waals surface area contributed by atoms with E-state index in [1.54, 1.807) is 0 Å². The first-order valence-corrected chi connectivity index (χ1v) is 23.0. The third-order valence-electron chi connectivity index (χ3n) is 12.6. The number of carbonyl (C=O) groups is 2. The second-order valence-corrected chi connectivity index (χ2v) is 20.6. The van der Waals surface area contributed by atoms with Crippen LogP contribution in [0.25, 0.3) is 0 Å². The van der Waals surface area contributed by atoms with Crippen LogP contribution >= 0.6 is 0 Å². The van der Waals surface area contributed by atoms with E-state index in [0.29, 0.717) is 31.5 Å². The summed E-state index contributed by atoms with van der Waals surface area (Å²) < 4.78 is 60.4. The summed E-state index contributed by atoms with van der Waals surface area (Å²) in [7, 11) is -8.04. The van der Waals surface area contributed by atoms with Crippen LogP contribution in [0.3, 0.4) is 0 Å². The Morgan fingerprint density at radius 3 is 1.78 bits per heavy atom. The number of anilines is 2. The lowest BCUT2D eigenvalue weighted by molar-refractivity contribution is 0.125. The molecule has 0 bridgehead atoms. The highest BCUT2D eigenvalue weighted by atomic mass is 32.2. The van der Waals surface area contributed by atoms with Gasteiger partial charge in [-0.05, 0) is 167 Å². The Bertz CT molecular complexity index is 2100. The van der Waals surface area contributed by atoms with Gasteiger partial charge < -0.3 is 16.0 Å². The van der Waals surface area contributed by atoms with E-state index in [4.69, 9.17) is 0 Å². The van der Waals surface area contributed by atoms with E-state index < -0.39 is 32.5 Å². The van der Waals surface area contributed by atoms with Crippen LogP contribution in [-0.4, -0.2) is 89.0 Å². The van der Waals surface area contributed by atoms with E-state index in [1.807, 2.05) is 20.8 Å². The standard InChI is InChI=1S/C39H56N8O6S2/c1-39(2,3)40-12-13-41-54(50,51)44-37(48)42-35-31-9-4-7-24(31)17-28-19-26(21-33(28)35)27-20-29-18-25-8-5-10-32(25)36(34(29)22-27)43-38(49)45-55(52,53)47-16-11-30(23-47)46-14-6-15-46/h17-18,26-27,30,40-41H,4-16,19-23H2,1-3H3,(H2,42,44,48)(H2,43,45,49). The zero-order valence-corrected chi connectivity index (χ0v) is 33.9. The number of nitrogens with one attached hydrogen (secondary N) is 6. The van der Waals surface area contributed by atoms with Crippen LogP contribution in [0.4, 0.5) is 21.0 Å². The quantitative estimate of drug-likeness (QED) is 0.188. The van der Waals surface area contributed by atoms with Gasteiger partial charge in [0.05, 0.1) is 0 Å². The van der Waals surface area contributed by atoms with Gasteiger partial charge in [-0.3, -0.25) is 4.90 Å². The van der Waals surface area contributed by atoms with E-state index >= 15 is 0 Å². The largest absolute Gasteiger partial charge is 0.333 e. The van der Waals surface area contributed by atoms with Crippen molar-refractivity contribution in [3.05, 3.63) is 56.6 Å². The summed E-state index contributed by atoms with van der Waals surface area (Å²) in [5, 5.41) is 9.21. The molecule has 2 saturated heterocycles. The molecule has 6 aliphatic rings. The lowest BCUT2D eigenvalue weighted by Crippen LogP contribution is -2.48. The molecule has 16 heteroatoms. The second-order valence-electron chi connectivity index (χ2n) is 17.5. The zero-order chi connectivity index (χ0) is 38.7. The highest BCUT2D eigenvalue weighted by Crippen LogP contribution is 2.47. The Labute approximate surface area is 325 Å². The SMILES string of the molecule is CC(C)(C)NCCNS(=O)(=O)NC(=O)Nc1c2c(cc3c1CC(C1Cc4cc5c(c(NC(=O)NS(=O)(=O)N6CCC(N7CCC7)C6)c4C1)CCC5)C3)CCC2. The van der Waals surface area contributed by atoms with Crippen LogP contribution in [0.2, 0.25) is 0 Å². The number of hydrogen-bond acceptors (Lipinski definition) is 8. The number of urea groups is 2. The molecule has 55 heavy (non-hydrogen) atoms. The van der Waals surface area contributed by atoms with Crippen molar-refractivity contribution < 1.29 is 26.4 Å². The van der Waals surface area contributed by atoms with Gasteiger partial charge in [0.2, 0.25) is 0 Å². The summed E-state index contributed by atoms with van der Waals surface area (Å²) in [6, 6.07) is 3.32. The van der Waals surface area contributed by atoms with Crippen LogP contribution in [-0.2, 0) is 71.8 Å². The molecular formula is C39H56N8O6S2. The number of amides is 4. The fraction of sp³-hybridized carbons (Fsp3) is 0.641. The van der Waals surface area contributed by atoms with Crippen LogP contribution in [0.5, 0.6) is 0 Å². The fourth-order valence-corrected chi connectivity index (χ4v) is 11.8. The van der Waals surface area contributed by atoms with E-state index in [9.17, 15) is 26.4 Å². The fourth-order valence-electron chi connectivity index (χ4n) is 9.91. The minimum absolute atomic E-state index is 0.142. The number of fused-ring (bicyclic) bond motifs is 4. The minimum Gasteiger partial charge on any atom is -0.311 e. The first-order valence-electron chi connectivity index (χ1n) is 20.1. The first kappa shape index (κ1) is 38.6. The molecule has 3 atom stereocenters. The Morgan fingerprint density at radius 2 is 1.25 bits per heavy atom. The molecule has 2 heterocycles. The number of aryl methyl sites for hydroxylation is 2. The lowest BCUT2D eigenvalue weighted by Gasteiger charge is -2.36. The summed E-state index contributed by atoms with van der Waals surface area (Å²) in [5.74, 6) is 0.587. The smallest absolute Gasteiger partial charge is 0.311 e. The molecule has 0 radical (unpaired) electrons. The van der Waals surface area contributed by atoms with Crippen molar-refractivity contribution in [2.75, 3.05) is 49.9 Å². The topological polar surface area (TPSA) is 181 Å². The Kier molecular flexibility index (Phi) is 10.5. The third kappa shape index (κ3) is 8.26. The average molecular weight is 797 g/mol. The maximum absolute atomic E-state index is 13.4. The predicted octanol–water partition coefficient (Wildman–Crippen LogP) is 3.28. The molecule has 4 amide bonds. The average Bonchev–Trinajstić information content (AvgIpc) is 3.90. The molecule has 3 unspecified atom stereocenters. The van der Waals surface area contributed by atoms with Gasteiger partial charge >= 0.3 is 32.5 Å². The van der Waals surface area contributed by atoms with Gasteiger partial charge in [0.1, 0.15) is 0 Å². The molecule has 14 nitrogen and oxygen atoms in total. The number of nitrogens with zero attached hydrogens (tertiary/aromatic N) is 2. The maximum Gasteiger partial charge on any atom is 0.333 e. The van der Waals surface area contributed by atoms with E-state index in [2.05, 4.69) is 47.1 Å². The van der Waals surface area contributed by atoms with Crippen LogP contribution in [0.1, 0.15) is 91.0 Å². The number of likely N-dealkylation sites (tertiary alicyclic amines) is 1. The normalized spacial score (nSPS) is 23.5. The van der Waals surface area contributed by atoms with Crippen molar-refractivity contribution in [3.8, 4) is 0 Å². The number of hydrogen-bond donors (Lipinski definition) is 6. The van der Waals surface area contributed by atoms with Gasteiger partial charge in [-0.15, -0.1) is 0 Å². The molecule has 6 N–H and O–H groups in total. The molecule has 2 aromatic carbocycles. The van der Waals surface area contributed by atoms with Crippen molar-refractivity contribution in [2.45, 2.75) is 109 Å². The zero-order valence-electron chi connectivity index (χ0n) is 32.3. The highest BCUT2D eigenvalue weighted by Gasteiger charge is 2.40. The second kappa shape index (κ2) is 14.9. The van der Waals surface area contributed by atoms with E-state index in [1.165, 1.54) is 26.6 Å². The van der Waals surface area contributed by atoms with Crippen LogP contribution < -0.4 is 30.1 Å². The first-order chi connectivity index (χ1) is 26.1. The molecule has 0 aromatic heterocycles. The van der Waals surface area contributed by atoms with E-state index in [-0.39, 0.29) is 18.1 Å². The van der Waals surface area contributed by atoms with Gasteiger partial charge in [-0.2, -0.15) is 25.9 Å². The molecule has 0 saturated carbocycles. The summed E-state index contributed by atoms with van der Waals surface area (Å²) in [6.45, 7) is 9.37. The van der Waals surface area contributed by atoms with Crippen molar-refractivity contribution >= 4 is 43.9 Å². The summed E-state index contributed by atoms with van der Waals surface area (Å²) in [4.78, 5) is 29.0. The summed E-state index contributed by atoms with van der Waals surface area (Å²) in [5.41, 5.74) is 10.6. The minimum atomic E-state index is -4.06. The highest BCUT2D eigenvalue weighted by molar-refractivity contribution is 7.88. The number of rotatable bonds is 11. The molecule has 2 fully saturated rings. The molecular weight excluding hydrogens is 741 g/mol. The molecule has 2 aromatic rings. The van der Waals surface area contributed by atoms with Gasteiger partial charge in [-0.1, -0.05) is 12.1 Å². The monoisotopic (exact) mass is 796 g/mol. The van der Waals surface area contributed by atoms with Crippen molar-refractivity contribution in [3.63, 3.8) is 0 Å². The van der Waals surface area contributed by atoms with Gasteiger partial charge in [0.15, 0.2) is 0 Å². The molecule has 2 aliphatic heterocycles. The van der Waals surface area contributed by atoms with Crippen molar-refractivity contribution in [1.29, 1.82) is 0 Å². The summed E-state index contributed by atoms with van der Waals surface area (Å²) >= 11 is 0. The molecule has 8 rings (SSSR count). The lowest BCUT2D eigenvalue weighted by atomic mass is 9.87. The molecule has 4 aliphatic carbocycles. The van der Waals surface area contributed by atoms with Crippen LogP contribution in [0, 0.1) is 11.8 Å². The van der Waals surface area contributed by atoms with E-state index in [0.717, 1.165) is 124 Å². The third-order valence-corrected chi connectivity index (χ3v) is 15.1. The van der Waals surface area contributed by atoms with Gasteiger partial charge in [0, 0.05) is 49.1 Å².